The van der Waals surface area contributed by atoms with Crippen LogP contribution in [0, 0.1) is 0 Å². The van der Waals surface area contributed by atoms with Crippen LogP contribution in [0.15, 0.2) is 21.1 Å². The van der Waals surface area contributed by atoms with Gasteiger partial charge in [0.25, 0.3) is 0 Å². The normalized spacial score (nSPS) is 10.6. The zero-order valence-electron chi connectivity index (χ0n) is 13.2. The third-order valence-corrected chi connectivity index (χ3v) is 3.73. The molecule has 1 aromatic rings. The zero-order chi connectivity index (χ0) is 16.3. The lowest BCUT2D eigenvalue weighted by molar-refractivity contribution is -0.118. The number of hydrogen-bond acceptors (Lipinski definition) is 3. The van der Waals surface area contributed by atoms with Crippen LogP contribution in [0.5, 0.6) is 0 Å². The van der Waals surface area contributed by atoms with Crippen LogP contribution in [0.1, 0.15) is 40.2 Å². The summed E-state index contributed by atoms with van der Waals surface area (Å²) in [5, 5.41) is 2.99. The molecule has 0 aromatic heterocycles. The van der Waals surface area contributed by atoms with Crippen LogP contribution in [0.4, 0.5) is 5.69 Å². The molecule has 0 aliphatic heterocycles. The highest BCUT2D eigenvalue weighted by molar-refractivity contribution is 9.11. The van der Waals surface area contributed by atoms with Crippen molar-refractivity contribution in [2.75, 3.05) is 12.8 Å². The molecule has 3 N–H and O–H groups in total. The second-order valence-corrected chi connectivity index (χ2v) is 5.34. The first kappa shape index (κ1) is 21.9. The third-order valence-electron chi connectivity index (χ3n) is 2.42. The number of hydrogen-bond donors (Lipinski definition) is 2. The van der Waals surface area contributed by atoms with Gasteiger partial charge in [-0.05, 0) is 69.9 Å². The minimum Gasteiger partial charge on any atom is -0.397 e. The van der Waals surface area contributed by atoms with Gasteiger partial charge in [-0.3, -0.25) is 4.79 Å². The van der Waals surface area contributed by atoms with E-state index >= 15 is 0 Å². The molecule has 1 atom stereocenters. The monoisotopic (exact) mass is 408 g/mol. The van der Waals surface area contributed by atoms with Crippen molar-refractivity contribution in [3.05, 3.63) is 26.6 Å². The predicted octanol–water partition coefficient (Wildman–Crippen LogP) is 4.57. The first-order valence-corrected chi connectivity index (χ1v) is 8.45. The molecule has 0 unspecified atom stereocenters. The van der Waals surface area contributed by atoms with Crippen LogP contribution < -0.4 is 11.1 Å². The second kappa shape index (κ2) is 12.4. The standard InChI is InChI=1S/C11H14Br2N2O.2C2H6/c1-6(16)10(15-2)5-7-3-8(12)11(14)9(13)4-7;2*1-2/h3-4,10,15H,5,14H2,1-2H3;2*1-2H3/t10-;;/m1../s1. The number of benzene rings is 1. The topological polar surface area (TPSA) is 55.1 Å². The smallest absolute Gasteiger partial charge is 0.147 e. The minimum absolute atomic E-state index is 0.131. The number of anilines is 1. The van der Waals surface area contributed by atoms with Gasteiger partial charge in [0, 0.05) is 8.95 Å². The molecule has 1 rings (SSSR count). The molecule has 0 spiro atoms. The van der Waals surface area contributed by atoms with E-state index in [1.807, 2.05) is 39.8 Å². The van der Waals surface area contributed by atoms with Gasteiger partial charge in [0.05, 0.1) is 11.7 Å². The Morgan fingerprint density at radius 2 is 1.60 bits per heavy atom. The molecule has 5 heteroatoms. The van der Waals surface area contributed by atoms with Crippen LogP contribution in [-0.4, -0.2) is 18.9 Å². The van der Waals surface area contributed by atoms with Crippen molar-refractivity contribution >= 4 is 43.3 Å². The van der Waals surface area contributed by atoms with Crippen LogP contribution >= 0.6 is 31.9 Å². The number of rotatable bonds is 4. The van der Waals surface area contributed by atoms with Crippen molar-refractivity contribution in [1.82, 2.24) is 5.32 Å². The van der Waals surface area contributed by atoms with Gasteiger partial charge >= 0.3 is 0 Å². The van der Waals surface area contributed by atoms with E-state index < -0.39 is 0 Å². The van der Waals surface area contributed by atoms with Gasteiger partial charge in [0.2, 0.25) is 0 Å². The fraction of sp³-hybridized carbons (Fsp3) is 0.533. The summed E-state index contributed by atoms with van der Waals surface area (Å²) in [5.74, 6) is 0.131. The molecule has 0 aliphatic rings. The Hall–Kier alpha value is -0.390. The molecule has 0 amide bonds. The molecule has 0 saturated heterocycles. The highest BCUT2D eigenvalue weighted by Gasteiger charge is 2.13. The molecule has 0 saturated carbocycles. The lowest BCUT2D eigenvalue weighted by atomic mass is 10.0. The second-order valence-electron chi connectivity index (χ2n) is 3.63. The van der Waals surface area contributed by atoms with E-state index in [1.54, 1.807) is 14.0 Å². The molecular formula is C15H26Br2N2O. The summed E-state index contributed by atoms with van der Waals surface area (Å²) in [5.41, 5.74) is 7.53. The maximum atomic E-state index is 11.3. The Kier molecular flexibility index (Phi) is 13.5. The van der Waals surface area contributed by atoms with Gasteiger partial charge in [0.1, 0.15) is 5.78 Å². The van der Waals surface area contributed by atoms with Crippen molar-refractivity contribution in [2.24, 2.45) is 0 Å². The van der Waals surface area contributed by atoms with Crippen LogP contribution in [0.25, 0.3) is 0 Å². The average molecular weight is 410 g/mol. The van der Waals surface area contributed by atoms with Gasteiger partial charge in [-0.25, -0.2) is 0 Å². The molecule has 116 valence electrons. The van der Waals surface area contributed by atoms with E-state index in [1.165, 1.54) is 0 Å². The number of likely N-dealkylation sites (N-methyl/N-ethyl adjacent to an activating group) is 1. The van der Waals surface area contributed by atoms with Crippen LogP contribution in [-0.2, 0) is 11.2 Å². The highest BCUT2D eigenvalue weighted by Crippen LogP contribution is 2.30. The van der Waals surface area contributed by atoms with E-state index in [2.05, 4.69) is 37.2 Å². The number of nitrogens with one attached hydrogen (secondary N) is 1. The summed E-state index contributed by atoms with van der Waals surface area (Å²) in [6.45, 7) is 9.59. The van der Waals surface area contributed by atoms with E-state index in [0.717, 1.165) is 14.5 Å². The van der Waals surface area contributed by atoms with Gasteiger partial charge in [-0.2, -0.15) is 0 Å². The number of nitrogen functional groups attached to an aromatic ring is 1. The van der Waals surface area contributed by atoms with E-state index in [4.69, 9.17) is 5.73 Å². The first-order valence-electron chi connectivity index (χ1n) is 6.86. The lowest BCUT2D eigenvalue weighted by Crippen LogP contribution is -2.34. The number of nitrogens with two attached hydrogens (primary N) is 1. The fourth-order valence-corrected chi connectivity index (χ4v) is 2.72. The van der Waals surface area contributed by atoms with Crippen LogP contribution in [0.2, 0.25) is 0 Å². The zero-order valence-corrected chi connectivity index (χ0v) is 16.4. The molecule has 0 radical (unpaired) electrons. The van der Waals surface area contributed by atoms with Gasteiger partial charge in [0.15, 0.2) is 0 Å². The van der Waals surface area contributed by atoms with E-state index in [0.29, 0.717) is 12.1 Å². The Labute approximate surface area is 140 Å². The molecule has 3 nitrogen and oxygen atoms in total. The van der Waals surface area contributed by atoms with Crippen molar-refractivity contribution in [2.45, 2.75) is 47.1 Å². The average Bonchev–Trinajstić information content (AvgIpc) is 2.46. The van der Waals surface area contributed by atoms with Crippen LogP contribution in [0.3, 0.4) is 0 Å². The Morgan fingerprint density at radius 3 is 1.90 bits per heavy atom. The molecule has 0 heterocycles. The summed E-state index contributed by atoms with van der Waals surface area (Å²) in [4.78, 5) is 11.3. The largest absolute Gasteiger partial charge is 0.397 e. The van der Waals surface area contributed by atoms with Crippen molar-refractivity contribution < 1.29 is 4.79 Å². The van der Waals surface area contributed by atoms with Gasteiger partial charge in [-0.15, -0.1) is 0 Å². The van der Waals surface area contributed by atoms with Gasteiger partial charge < -0.3 is 11.1 Å². The Morgan fingerprint density at radius 1 is 1.20 bits per heavy atom. The lowest BCUT2D eigenvalue weighted by Gasteiger charge is -2.14. The molecular weight excluding hydrogens is 384 g/mol. The summed E-state index contributed by atoms with van der Waals surface area (Å²) in [7, 11) is 1.79. The summed E-state index contributed by atoms with van der Waals surface area (Å²) < 4.78 is 1.69. The predicted molar refractivity (Wildman–Crippen MR) is 96.2 cm³/mol. The minimum atomic E-state index is -0.151. The summed E-state index contributed by atoms with van der Waals surface area (Å²) in [6.07, 6.45) is 0.656. The molecule has 0 fully saturated rings. The number of carbonyl (C=O) groups is 1. The SMILES string of the molecule is CC.CC.CN[C@H](Cc1cc(Br)c(N)c(Br)c1)C(C)=O. The molecule has 0 aliphatic carbocycles. The Balaban J connectivity index is 0. The number of ketones is 1. The van der Waals surface area contributed by atoms with Crippen molar-refractivity contribution in [3.63, 3.8) is 0 Å². The fourth-order valence-electron chi connectivity index (χ4n) is 1.44. The first-order chi connectivity index (χ1) is 9.45. The van der Waals surface area contributed by atoms with Crippen molar-refractivity contribution in [3.8, 4) is 0 Å². The molecule has 1 aromatic carbocycles. The quantitative estimate of drug-likeness (QED) is 0.716. The molecule has 0 bridgehead atoms. The Bertz CT molecular complexity index is 386. The highest BCUT2D eigenvalue weighted by atomic mass is 79.9. The summed E-state index contributed by atoms with van der Waals surface area (Å²) >= 11 is 6.77. The van der Waals surface area contributed by atoms with Crippen molar-refractivity contribution in [1.29, 1.82) is 0 Å². The van der Waals surface area contributed by atoms with E-state index in [-0.39, 0.29) is 11.8 Å². The number of carbonyl (C=O) groups excluding carboxylic acids is 1. The number of Topliss-reactive ketones (excluding diaryl/α,β-unsaturated/α-hetero) is 1. The maximum absolute atomic E-state index is 11.3. The maximum Gasteiger partial charge on any atom is 0.147 e. The van der Waals surface area contributed by atoms with Gasteiger partial charge in [-0.1, -0.05) is 27.7 Å². The molecule has 20 heavy (non-hydrogen) atoms. The van der Waals surface area contributed by atoms with E-state index in [9.17, 15) is 4.79 Å². The summed E-state index contributed by atoms with van der Waals surface area (Å²) in [6, 6.07) is 3.73. The third kappa shape index (κ3) is 7.41. The number of halogens is 2.